The van der Waals surface area contributed by atoms with E-state index in [1.54, 1.807) is 6.08 Å². The average Bonchev–Trinajstić information content (AvgIpc) is 0.830. The number of hydrogen-bond acceptors (Lipinski definition) is 13. The van der Waals surface area contributed by atoms with Gasteiger partial charge in [0.05, 0.1) is 32.0 Å². The number of nitrogens with one attached hydrogen (secondary N) is 1. The van der Waals surface area contributed by atoms with E-state index in [1.165, 1.54) is 257 Å². The number of unbranched alkanes of at least 4 members (excludes halogenated alkanes) is 43. The van der Waals surface area contributed by atoms with Crippen molar-refractivity contribution in [1.29, 1.82) is 0 Å². The summed E-state index contributed by atoms with van der Waals surface area (Å²) < 4.78 is 22.9. The van der Waals surface area contributed by atoms with Crippen LogP contribution in [-0.2, 0) is 23.7 Å². The Hall–Kier alpha value is -2.31. The first-order valence-corrected chi connectivity index (χ1v) is 38.5. The molecule has 92 heavy (non-hydrogen) atoms. The van der Waals surface area contributed by atoms with E-state index in [0.29, 0.717) is 12.8 Å². The van der Waals surface area contributed by atoms with Crippen molar-refractivity contribution < 1.29 is 64.6 Å². The molecule has 0 bridgehead atoms. The highest BCUT2D eigenvalue weighted by molar-refractivity contribution is 5.76. The van der Waals surface area contributed by atoms with E-state index in [9.17, 15) is 45.6 Å². The van der Waals surface area contributed by atoms with E-state index in [1.807, 2.05) is 6.08 Å². The molecule has 2 heterocycles. The number of aliphatic hydroxyl groups is 8. The zero-order chi connectivity index (χ0) is 66.6. The standard InChI is InChI=1S/C78H143NO13/c1-3-5-7-9-11-13-15-17-19-21-23-25-27-28-29-30-31-32-33-34-35-36-37-38-40-42-44-46-48-50-52-54-56-58-60-62-70(83)79-66(65-89-77-75(88)73(86)76(69(64-81)91-77)92-78-74(87)72(85)71(84)68(63-80)90-78)67(82)61-59-57-55-53-51-49-47-45-43-41-39-26-24-22-20-18-16-14-12-10-8-6-4-2/h15,17,21,23,27-28,51,53,59,61,66-69,71-78,80-82,84-88H,3-14,16,18-20,22,24-26,29-50,52,54-58,60,62-65H2,1-2H3,(H,79,83)/b17-15-,23-21-,28-27-,53-51+,61-59+. The number of carbonyl (C=O) groups excluding carboxylic acids is 1. The molecule has 0 aromatic carbocycles. The van der Waals surface area contributed by atoms with Gasteiger partial charge >= 0.3 is 0 Å². The number of ether oxygens (including phenoxy) is 4. The fourth-order valence-electron chi connectivity index (χ4n) is 12.6. The zero-order valence-corrected chi connectivity index (χ0v) is 58.8. The summed E-state index contributed by atoms with van der Waals surface area (Å²) >= 11 is 0. The van der Waals surface area contributed by atoms with Crippen LogP contribution < -0.4 is 5.32 Å². The Morgan fingerprint density at radius 1 is 0.391 bits per heavy atom. The fourth-order valence-corrected chi connectivity index (χ4v) is 12.6. The van der Waals surface area contributed by atoms with Crippen molar-refractivity contribution in [3.8, 4) is 0 Å². The highest BCUT2D eigenvalue weighted by Gasteiger charge is 2.51. The summed E-state index contributed by atoms with van der Waals surface area (Å²) in [4.78, 5) is 13.4. The molecule has 0 aromatic rings. The molecular weight excluding hydrogens is 1160 g/mol. The minimum absolute atomic E-state index is 0.244. The molecule has 1 amide bonds. The van der Waals surface area contributed by atoms with Crippen molar-refractivity contribution in [1.82, 2.24) is 5.32 Å². The van der Waals surface area contributed by atoms with Crippen LogP contribution in [0.5, 0.6) is 0 Å². The SMILES string of the molecule is CCCCCCC/C=C\C/C=C\C/C=C\CCCCCCCCCCCCCCCCCCCCCCC(=O)NC(COC1OC(CO)C(OC2OC(CO)C(O)C(O)C2O)C(O)C1O)C(O)/C=C/CC/C=C/CCCCCCCCCCCCCCCCCCC. The Morgan fingerprint density at radius 2 is 0.728 bits per heavy atom. The third-order valence-corrected chi connectivity index (χ3v) is 18.7. The molecular formula is C78H143NO13. The summed E-state index contributed by atoms with van der Waals surface area (Å²) in [6.07, 6.45) is 67.2. The number of rotatable bonds is 64. The zero-order valence-electron chi connectivity index (χ0n) is 58.8. The quantitative estimate of drug-likeness (QED) is 0.0204. The minimum Gasteiger partial charge on any atom is -0.394 e. The number of aliphatic hydroxyl groups excluding tert-OH is 8. The summed E-state index contributed by atoms with van der Waals surface area (Å²) in [5.74, 6) is -0.244. The molecule has 0 aromatic heterocycles. The molecule has 14 nitrogen and oxygen atoms in total. The predicted molar refractivity (Wildman–Crippen MR) is 378 cm³/mol. The summed E-state index contributed by atoms with van der Waals surface area (Å²) in [6.45, 7) is 2.82. The average molecular weight is 1300 g/mol. The molecule has 9 N–H and O–H groups in total. The number of carbonyl (C=O) groups is 1. The van der Waals surface area contributed by atoms with Gasteiger partial charge in [0.2, 0.25) is 5.91 Å². The molecule has 2 rings (SSSR count). The van der Waals surface area contributed by atoms with Crippen LogP contribution in [0.25, 0.3) is 0 Å². The summed E-state index contributed by atoms with van der Waals surface area (Å²) in [7, 11) is 0. The van der Waals surface area contributed by atoms with Crippen LogP contribution in [0.1, 0.15) is 335 Å². The molecule has 0 radical (unpaired) electrons. The Morgan fingerprint density at radius 3 is 1.14 bits per heavy atom. The van der Waals surface area contributed by atoms with Gasteiger partial charge in [-0.1, -0.05) is 319 Å². The second kappa shape index (κ2) is 62.2. The van der Waals surface area contributed by atoms with Crippen molar-refractivity contribution in [2.75, 3.05) is 19.8 Å². The molecule has 2 aliphatic heterocycles. The number of hydrogen-bond donors (Lipinski definition) is 9. The van der Waals surface area contributed by atoms with Crippen molar-refractivity contribution >= 4 is 5.91 Å². The van der Waals surface area contributed by atoms with Crippen LogP contribution in [0.3, 0.4) is 0 Å². The highest BCUT2D eigenvalue weighted by Crippen LogP contribution is 2.30. The Balaban J connectivity index is 1.63. The van der Waals surface area contributed by atoms with E-state index in [2.05, 4.69) is 67.8 Å². The van der Waals surface area contributed by atoms with Gasteiger partial charge in [0.25, 0.3) is 0 Å². The van der Waals surface area contributed by atoms with Crippen LogP contribution in [0, 0.1) is 0 Å². The van der Waals surface area contributed by atoms with Crippen molar-refractivity contribution in [2.24, 2.45) is 0 Å². The smallest absolute Gasteiger partial charge is 0.220 e. The molecule has 0 aliphatic carbocycles. The van der Waals surface area contributed by atoms with Gasteiger partial charge in [0, 0.05) is 6.42 Å². The summed E-state index contributed by atoms with van der Waals surface area (Å²) in [6, 6.07) is -0.933. The van der Waals surface area contributed by atoms with Gasteiger partial charge in [-0.25, -0.2) is 0 Å². The molecule has 0 spiro atoms. The van der Waals surface area contributed by atoms with Crippen LogP contribution in [0.15, 0.2) is 60.8 Å². The van der Waals surface area contributed by atoms with Gasteiger partial charge in [0.1, 0.15) is 48.8 Å². The van der Waals surface area contributed by atoms with E-state index >= 15 is 0 Å². The molecule has 0 saturated carbocycles. The lowest BCUT2D eigenvalue weighted by atomic mass is 9.97. The molecule has 12 atom stereocenters. The predicted octanol–water partition coefficient (Wildman–Crippen LogP) is 16.8. The maximum Gasteiger partial charge on any atom is 0.220 e. The lowest BCUT2D eigenvalue weighted by Crippen LogP contribution is -2.65. The van der Waals surface area contributed by atoms with Crippen molar-refractivity contribution in [3.63, 3.8) is 0 Å². The van der Waals surface area contributed by atoms with E-state index in [4.69, 9.17) is 18.9 Å². The number of amides is 1. The maximum atomic E-state index is 13.4. The first kappa shape index (κ1) is 85.8. The maximum absolute atomic E-state index is 13.4. The molecule has 2 aliphatic rings. The highest BCUT2D eigenvalue weighted by atomic mass is 16.7. The van der Waals surface area contributed by atoms with Gasteiger partial charge in [-0.15, -0.1) is 0 Å². The van der Waals surface area contributed by atoms with E-state index < -0.39 is 86.8 Å². The first-order valence-electron chi connectivity index (χ1n) is 38.5. The second-order valence-electron chi connectivity index (χ2n) is 27.1. The molecule has 2 fully saturated rings. The van der Waals surface area contributed by atoms with Gasteiger partial charge in [-0.3, -0.25) is 4.79 Å². The molecule has 2 saturated heterocycles. The monoisotopic (exact) mass is 1300 g/mol. The Labute approximate surface area is 562 Å². The number of allylic oxidation sites excluding steroid dienone is 9. The third kappa shape index (κ3) is 45.2. The van der Waals surface area contributed by atoms with Gasteiger partial charge in [0.15, 0.2) is 12.6 Å². The van der Waals surface area contributed by atoms with E-state index in [0.717, 1.165) is 44.9 Å². The summed E-state index contributed by atoms with van der Waals surface area (Å²) in [5, 5.41) is 87.5. The van der Waals surface area contributed by atoms with E-state index in [-0.39, 0.29) is 18.9 Å². The van der Waals surface area contributed by atoms with Crippen LogP contribution in [0.4, 0.5) is 0 Å². The van der Waals surface area contributed by atoms with Gasteiger partial charge < -0.3 is 65.1 Å². The fraction of sp³-hybridized carbons (Fsp3) is 0.859. The van der Waals surface area contributed by atoms with Crippen molar-refractivity contribution in [3.05, 3.63) is 60.8 Å². The molecule has 538 valence electrons. The minimum atomic E-state index is -1.79. The van der Waals surface area contributed by atoms with Crippen molar-refractivity contribution in [2.45, 2.75) is 408 Å². The summed E-state index contributed by atoms with van der Waals surface area (Å²) in [5.41, 5.74) is 0. The van der Waals surface area contributed by atoms with Crippen LogP contribution in [0.2, 0.25) is 0 Å². The topological polar surface area (TPSA) is 228 Å². The first-order chi connectivity index (χ1) is 45.1. The largest absolute Gasteiger partial charge is 0.394 e. The lowest BCUT2D eigenvalue weighted by molar-refractivity contribution is -0.359. The second-order valence-corrected chi connectivity index (χ2v) is 27.1. The van der Waals surface area contributed by atoms with Gasteiger partial charge in [-0.2, -0.15) is 0 Å². The van der Waals surface area contributed by atoms with Gasteiger partial charge in [-0.05, 0) is 70.6 Å². The molecule has 14 heteroatoms. The van der Waals surface area contributed by atoms with Crippen LogP contribution >= 0.6 is 0 Å². The van der Waals surface area contributed by atoms with Crippen LogP contribution in [-0.4, -0.2) is 140 Å². The Bertz CT molecular complexity index is 1780. The Kier molecular flexibility index (Phi) is 58.0. The third-order valence-electron chi connectivity index (χ3n) is 18.7. The molecule has 12 unspecified atom stereocenters. The normalized spacial score (nSPS) is 23.0. The lowest BCUT2D eigenvalue weighted by Gasteiger charge is -2.46.